The Hall–Kier alpha value is -2.85. The Bertz CT molecular complexity index is 1130. The molecule has 0 atom stereocenters. The summed E-state index contributed by atoms with van der Waals surface area (Å²) in [4.78, 5) is 32.9. The molecule has 1 N–H and O–H groups in total. The Kier molecular flexibility index (Phi) is 7.01. The number of likely N-dealkylation sites (N-methyl/N-ethyl adjacent to an activating group) is 1. The lowest BCUT2D eigenvalue weighted by molar-refractivity contribution is -0.145. The third-order valence-electron chi connectivity index (χ3n) is 4.11. The van der Waals surface area contributed by atoms with Gasteiger partial charge < -0.3 is 10.2 Å². The lowest BCUT2D eigenvalue weighted by Gasteiger charge is -2.17. The zero-order valence-electron chi connectivity index (χ0n) is 16.1. The number of carbonyl (C=O) groups is 2. The first kappa shape index (κ1) is 22.8. The van der Waals surface area contributed by atoms with Gasteiger partial charge in [-0.2, -0.15) is 13.2 Å². The number of carbonyl (C=O) groups excluding carboxylic acids is 2. The molecule has 0 saturated carbocycles. The summed E-state index contributed by atoms with van der Waals surface area (Å²) in [5.74, 6) is -2.38. The molecular weight excluding hydrogens is 453 g/mol. The summed E-state index contributed by atoms with van der Waals surface area (Å²) in [7, 11) is 1.42. The second-order valence-electron chi connectivity index (χ2n) is 6.43. The van der Waals surface area contributed by atoms with Crippen molar-refractivity contribution in [2.24, 2.45) is 0 Å². The molecule has 0 aliphatic heterocycles. The van der Waals surface area contributed by atoms with Crippen LogP contribution < -0.4 is 5.32 Å². The number of anilines is 1. The van der Waals surface area contributed by atoms with Crippen LogP contribution in [-0.4, -0.2) is 46.0 Å². The summed E-state index contributed by atoms with van der Waals surface area (Å²) in [6.07, 6.45) is -4.71. The van der Waals surface area contributed by atoms with Gasteiger partial charge in [0.25, 0.3) is 0 Å². The molecule has 31 heavy (non-hydrogen) atoms. The minimum Gasteiger partial charge on any atom is -0.336 e. The molecule has 6 nitrogen and oxygen atoms in total. The van der Waals surface area contributed by atoms with Gasteiger partial charge in [0.05, 0.1) is 28.5 Å². The number of fused-ring (bicyclic) bond motifs is 1. The van der Waals surface area contributed by atoms with E-state index in [0.717, 1.165) is 11.8 Å². The van der Waals surface area contributed by atoms with Crippen LogP contribution in [0, 0.1) is 0 Å². The Morgan fingerprint density at radius 3 is 2.48 bits per heavy atom. The predicted molar refractivity (Wildman–Crippen MR) is 113 cm³/mol. The zero-order chi connectivity index (χ0) is 22.6. The number of nitrogens with zero attached hydrogens (tertiary/aromatic N) is 3. The number of benzene rings is 2. The summed E-state index contributed by atoms with van der Waals surface area (Å²) in [6, 6.07) is 12.9. The molecule has 1 heterocycles. The summed E-state index contributed by atoms with van der Waals surface area (Å²) in [6.45, 7) is -0.247. The number of rotatable bonds is 6. The largest absolute Gasteiger partial charge is 0.451 e. The monoisotopic (exact) mass is 468 g/mol. The van der Waals surface area contributed by atoms with Crippen molar-refractivity contribution in [1.82, 2.24) is 14.9 Å². The van der Waals surface area contributed by atoms with E-state index in [0.29, 0.717) is 16.1 Å². The highest BCUT2D eigenvalue weighted by molar-refractivity contribution is 8.00. The van der Waals surface area contributed by atoms with Crippen molar-refractivity contribution in [3.05, 3.63) is 59.4 Å². The minimum atomic E-state index is -4.71. The van der Waals surface area contributed by atoms with Crippen LogP contribution >= 0.6 is 23.4 Å². The fraction of sp³-hybridized carbons (Fsp3) is 0.200. The van der Waals surface area contributed by atoms with E-state index in [2.05, 4.69) is 15.3 Å². The Labute approximate surface area is 184 Å². The van der Waals surface area contributed by atoms with Gasteiger partial charge in [-0.15, -0.1) is 0 Å². The Balaban J connectivity index is 1.66. The van der Waals surface area contributed by atoms with E-state index in [1.54, 1.807) is 42.5 Å². The van der Waals surface area contributed by atoms with Crippen LogP contribution in [0.15, 0.2) is 53.6 Å². The second-order valence-corrected chi connectivity index (χ2v) is 7.81. The molecule has 0 aliphatic rings. The molecule has 0 fully saturated rings. The summed E-state index contributed by atoms with van der Waals surface area (Å²) in [5, 5.41) is 3.41. The van der Waals surface area contributed by atoms with E-state index in [1.807, 2.05) is 0 Å². The molecule has 3 aromatic rings. The SMILES string of the molecule is CN(CC(=O)Nc1ccccc1Cl)C(=O)CSc1nc(C(F)(F)F)nc2ccccc12. The maximum atomic E-state index is 13.1. The van der Waals surface area contributed by atoms with Crippen LogP contribution in [0.2, 0.25) is 5.02 Å². The predicted octanol–water partition coefficient (Wildman–Crippen LogP) is 4.49. The minimum absolute atomic E-state index is 0.0418. The normalized spacial score (nSPS) is 11.4. The van der Waals surface area contributed by atoms with Gasteiger partial charge in [-0.3, -0.25) is 9.59 Å². The van der Waals surface area contributed by atoms with Crippen molar-refractivity contribution in [2.75, 3.05) is 24.7 Å². The van der Waals surface area contributed by atoms with Gasteiger partial charge in [0.15, 0.2) is 0 Å². The van der Waals surface area contributed by atoms with Gasteiger partial charge in [-0.1, -0.05) is 53.7 Å². The van der Waals surface area contributed by atoms with E-state index in [9.17, 15) is 22.8 Å². The van der Waals surface area contributed by atoms with E-state index >= 15 is 0 Å². The van der Waals surface area contributed by atoms with Crippen molar-refractivity contribution in [1.29, 1.82) is 0 Å². The first-order valence-electron chi connectivity index (χ1n) is 8.90. The third kappa shape index (κ3) is 5.86. The van der Waals surface area contributed by atoms with E-state index in [-0.39, 0.29) is 22.8 Å². The van der Waals surface area contributed by atoms with Crippen molar-refractivity contribution in [2.45, 2.75) is 11.2 Å². The number of amides is 2. The number of aromatic nitrogens is 2. The summed E-state index contributed by atoms with van der Waals surface area (Å²) in [5.41, 5.74) is 0.545. The Morgan fingerprint density at radius 1 is 1.10 bits per heavy atom. The van der Waals surface area contributed by atoms with Gasteiger partial charge in [-0.05, 0) is 18.2 Å². The number of para-hydroxylation sites is 2. The number of hydrogen-bond donors (Lipinski definition) is 1. The average Bonchev–Trinajstić information content (AvgIpc) is 2.72. The van der Waals surface area contributed by atoms with Crippen molar-refractivity contribution < 1.29 is 22.8 Å². The molecule has 11 heteroatoms. The highest BCUT2D eigenvalue weighted by Gasteiger charge is 2.35. The smallest absolute Gasteiger partial charge is 0.336 e. The first-order valence-corrected chi connectivity index (χ1v) is 10.3. The zero-order valence-corrected chi connectivity index (χ0v) is 17.7. The number of thioether (sulfide) groups is 1. The molecule has 0 bridgehead atoms. The van der Waals surface area contributed by atoms with Crippen LogP contribution in [-0.2, 0) is 15.8 Å². The number of hydrogen-bond acceptors (Lipinski definition) is 5. The lowest BCUT2D eigenvalue weighted by Crippen LogP contribution is -2.36. The second kappa shape index (κ2) is 9.52. The van der Waals surface area contributed by atoms with Crippen LogP contribution in [0.25, 0.3) is 10.9 Å². The van der Waals surface area contributed by atoms with Crippen molar-refractivity contribution >= 4 is 51.8 Å². The van der Waals surface area contributed by atoms with E-state index in [4.69, 9.17) is 11.6 Å². The highest BCUT2D eigenvalue weighted by Crippen LogP contribution is 2.32. The molecular formula is C20H16ClF3N4O2S. The van der Waals surface area contributed by atoms with Crippen LogP contribution in [0.3, 0.4) is 0 Å². The summed E-state index contributed by atoms with van der Waals surface area (Å²) >= 11 is 6.84. The fourth-order valence-corrected chi connectivity index (χ4v) is 3.72. The van der Waals surface area contributed by atoms with E-state index < -0.39 is 23.8 Å². The maximum Gasteiger partial charge on any atom is 0.451 e. The first-order chi connectivity index (χ1) is 14.6. The topological polar surface area (TPSA) is 75.2 Å². The summed E-state index contributed by atoms with van der Waals surface area (Å²) < 4.78 is 39.3. The van der Waals surface area contributed by atoms with Crippen molar-refractivity contribution in [3.63, 3.8) is 0 Å². The maximum absolute atomic E-state index is 13.1. The molecule has 0 unspecified atom stereocenters. The van der Waals surface area contributed by atoms with Crippen LogP contribution in [0.1, 0.15) is 5.82 Å². The highest BCUT2D eigenvalue weighted by atomic mass is 35.5. The molecule has 2 amide bonds. The fourth-order valence-electron chi connectivity index (χ4n) is 2.58. The number of nitrogens with one attached hydrogen (secondary N) is 1. The van der Waals surface area contributed by atoms with Gasteiger partial charge in [-0.25, -0.2) is 9.97 Å². The average molecular weight is 469 g/mol. The molecule has 0 aliphatic carbocycles. The number of alkyl halides is 3. The molecule has 1 aromatic heterocycles. The van der Waals surface area contributed by atoms with Crippen LogP contribution in [0.5, 0.6) is 0 Å². The molecule has 3 rings (SSSR count). The van der Waals surface area contributed by atoms with Crippen molar-refractivity contribution in [3.8, 4) is 0 Å². The van der Waals surface area contributed by atoms with Gasteiger partial charge in [0, 0.05) is 12.4 Å². The molecule has 0 spiro atoms. The molecule has 162 valence electrons. The molecule has 0 saturated heterocycles. The standard InChI is InChI=1S/C20H16ClF3N4O2S/c1-28(10-16(29)25-15-9-5-3-7-13(15)21)17(30)11-31-18-12-6-2-4-8-14(12)26-19(27-18)20(22,23)24/h2-9H,10-11H2,1H3,(H,25,29). The quantitative estimate of drug-likeness (QED) is 0.426. The third-order valence-corrected chi connectivity index (χ3v) is 5.41. The molecule has 0 radical (unpaired) electrons. The van der Waals surface area contributed by atoms with Crippen LogP contribution in [0.4, 0.5) is 18.9 Å². The Morgan fingerprint density at radius 2 is 1.77 bits per heavy atom. The molecule has 2 aromatic carbocycles. The number of halogens is 4. The van der Waals surface area contributed by atoms with Gasteiger partial charge >= 0.3 is 6.18 Å². The van der Waals surface area contributed by atoms with Gasteiger partial charge in [0.2, 0.25) is 17.6 Å². The van der Waals surface area contributed by atoms with E-state index in [1.165, 1.54) is 18.0 Å². The lowest BCUT2D eigenvalue weighted by atomic mass is 10.2. The van der Waals surface area contributed by atoms with Gasteiger partial charge in [0.1, 0.15) is 5.03 Å².